The largest absolute Gasteiger partial charge is 0.460 e. The lowest BCUT2D eigenvalue weighted by atomic mass is 10.1. The van der Waals surface area contributed by atoms with E-state index in [-0.39, 0.29) is 16.5 Å². The molecule has 8 heteroatoms. The highest BCUT2D eigenvalue weighted by Gasteiger charge is 2.61. The molecule has 2 atom stereocenters. The second-order valence-electron chi connectivity index (χ2n) is 5.84. The summed E-state index contributed by atoms with van der Waals surface area (Å²) in [5.74, 6) is -7.96. The Balaban J connectivity index is 2.11. The molecule has 0 aliphatic heterocycles. The van der Waals surface area contributed by atoms with Gasteiger partial charge in [0.25, 0.3) is 0 Å². The van der Waals surface area contributed by atoms with Crippen LogP contribution in [-0.2, 0) is 16.1 Å². The minimum atomic E-state index is -1.59. The van der Waals surface area contributed by atoms with E-state index >= 15 is 0 Å². The van der Waals surface area contributed by atoms with E-state index in [9.17, 15) is 22.4 Å². The molecule has 126 valence electrons. The van der Waals surface area contributed by atoms with Crippen molar-refractivity contribution >= 4 is 29.2 Å². The standard InChI is InChI=1S/C15H12Cl2F4O2/c1-15(2)7(3-10(16)17)11(15)14(22)23-5-6-12(20)8(18)4-9(19)13(6)21/h3-4,7,11H,5H2,1-2H3/t7-,11+/m0/s1. The van der Waals surface area contributed by atoms with Gasteiger partial charge in [-0.25, -0.2) is 17.6 Å². The van der Waals surface area contributed by atoms with Crippen molar-refractivity contribution in [3.63, 3.8) is 0 Å². The number of carbonyl (C=O) groups is 1. The molecule has 0 amide bonds. The summed E-state index contributed by atoms with van der Waals surface area (Å²) in [6.07, 6.45) is 1.47. The maximum atomic E-state index is 13.5. The van der Waals surface area contributed by atoms with Crippen molar-refractivity contribution in [3.05, 3.63) is 45.5 Å². The molecule has 0 spiro atoms. The summed E-state index contributed by atoms with van der Waals surface area (Å²) in [5.41, 5.74) is -1.46. The SMILES string of the molecule is CC1(C)[C@@H](C=C(Cl)Cl)[C@@H]1C(=O)OCc1c(F)c(F)cc(F)c1F. The van der Waals surface area contributed by atoms with Gasteiger partial charge in [-0.3, -0.25) is 4.79 Å². The average Bonchev–Trinajstić information content (AvgIpc) is 2.96. The lowest BCUT2D eigenvalue weighted by Crippen LogP contribution is -2.13. The fourth-order valence-corrected chi connectivity index (χ4v) is 2.83. The van der Waals surface area contributed by atoms with Gasteiger partial charge in [-0.1, -0.05) is 37.0 Å². The van der Waals surface area contributed by atoms with E-state index in [4.69, 9.17) is 27.9 Å². The van der Waals surface area contributed by atoms with Gasteiger partial charge in [0.15, 0.2) is 23.3 Å². The smallest absolute Gasteiger partial charge is 0.310 e. The van der Waals surface area contributed by atoms with E-state index in [0.29, 0.717) is 0 Å². The molecule has 0 bridgehead atoms. The van der Waals surface area contributed by atoms with E-state index in [1.54, 1.807) is 13.8 Å². The number of esters is 1. The Morgan fingerprint density at radius 1 is 1.22 bits per heavy atom. The summed E-state index contributed by atoms with van der Waals surface area (Å²) in [4.78, 5) is 12.0. The normalized spacial score (nSPS) is 21.7. The highest BCUT2D eigenvalue weighted by atomic mass is 35.5. The number of halogens is 6. The summed E-state index contributed by atoms with van der Waals surface area (Å²) in [7, 11) is 0. The van der Waals surface area contributed by atoms with Crippen LogP contribution in [0.2, 0.25) is 0 Å². The Labute approximate surface area is 140 Å². The van der Waals surface area contributed by atoms with Crippen LogP contribution in [0.4, 0.5) is 17.6 Å². The number of hydrogen-bond donors (Lipinski definition) is 0. The van der Waals surface area contributed by atoms with Crippen LogP contribution in [0.3, 0.4) is 0 Å². The summed E-state index contributed by atoms with van der Waals surface area (Å²) >= 11 is 11.1. The molecule has 1 aliphatic rings. The van der Waals surface area contributed by atoms with Gasteiger partial charge >= 0.3 is 5.97 Å². The molecular formula is C15H12Cl2F4O2. The Morgan fingerprint density at radius 3 is 2.22 bits per heavy atom. The predicted octanol–water partition coefficient (Wildman–Crippen LogP) is 4.88. The quantitative estimate of drug-likeness (QED) is 0.429. The van der Waals surface area contributed by atoms with Crippen molar-refractivity contribution in [2.24, 2.45) is 17.3 Å². The molecule has 1 saturated carbocycles. The third-order valence-electron chi connectivity index (χ3n) is 4.03. The summed E-state index contributed by atoms with van der Waals surface area (Å²) in [6, 6.07) is 0.0866. The highest BCUT2D eigenvalue weighted by Crippen LogP contribution is 2.60. The molecule has 1 aromatic rings. The highest BCUT2D eigenvalue weighted by molar-refractivity contribution is 6.55. The van der Waals surface area contributed by atoms with Gasteiger partial charge in [0.05, 0.1) is 11.5 Å². The monoisotopic (exact) mass is 370 g/mol. The van der Waals surface area contributed by atoms with Crippen LogP contribution in [0.25, 0.3) is 0 Å². The zero-order chi connectivity index (χ0) is 17.5. The first-order valence-electron chi connectivity index (χ1n) is 6.58. The average molecular weight is 371 g/mol. The molecule has 0 saturated heterocycles. The van der Waals surface area contributed by atoms with Crippen LogP contribution < -0.4 is 0 Å². The van der Waals surface area contributed by atoms with Crippen molar-refractivity contribution in [2.75, 3.05) is 0 Å². The van der Waals surface area contributed by atoms with E-state index in [0.717, 1.165) is 0 Å². The van der Waals surface area contributed by atoms with Gasteiger partial charge in [0.1, 0.15) is 11.1 Å². The van der Waals surface area contributed by atoms with Gasteiger partial charge in [-0.2, -0.15) is 0 Å². The third-order valence-corrected chi connectivity index (χ3v) is 4.28. The van der Waals surface area contributed by atoms with Crippen molar-refractivity contribution in [1.29, 1.82) is 0 Å². The van der Waals surface area contributed by atoms with Crippen molar-refractivity contribution in [2.45, 2.75) is 20.5 Å². The molecule has 1 aliphatic carbocycles. The van der Waals surface area contributed by atoms with Gasteiger partial charge in [0, 0.05) is 6.07 Å². The molecule has 0 aromatic heterocycles. The molecular weight excluding hydrogens is 359 g/mol. The van der Waals surface area contributed by atoms with Crippen LogP contribution in [0.5, 0.6) is 0 Å². The molecule has 1 fully saturated rings. The molecule has 0 radical (unpaired) electrons. The molecule has 0 unspecified atom stereocenters. The first-order valence-corrected chi connectivity index (χ1v) is 7.34. The number of benzene rings is 1. The summed E-state index contributed by atoms with van der Waals surface area (Å²) in [6.45, 7) is 2.61. The maximum Gasteiger partial charge on any atom is 0.310 e. The fraction of sp³-hybridized carbons (Fsp3) is 0.400. The predicted molar refractivity (Wildman–Crippen MR) is 76.6 cm³/mol. The molecule has 2 nitrogen and oxygen atoms in total. The Kier molecular flexibility index (Phi) is 4.97. The van der Waals surface area contributed by atoms with Gasteiger partial charge in [-0.15, -0.1) is 0 Å². The summed E-state index contributed by atoms with van der Waals surface area (Å²) < 4.78 is 57.9. The lowest BCUT2D eigenvalue weighted by molar-refractivity contribution is -0.147. The molecule has 1 aromatic carbocycles. The van der Waals surface area contributed by atoms with Gasteiger partial charge in [-0.05, 0) is 17.4 Å². The zero-order valence-corrected chi connectivity index (χ0v) is 13.6. The number of rotatable bonds is 4. The molecule has 0 N–H and O–H groups in total. The topological polar surface area (TPSA) is 26.3 Å². The maximum absolute atomic E-state index is 13.5. The van der Waals surface area contributed by atoms with E-state index in [1.807, 2.05) is 0 Å². The van der Waals surface area contributed by atoms with E-state index in [2.05, 4.69) is 0 Å². The van der Waals surface area contributed by atoms with Crippen LogP contribution >= 0.6 is 23.2 Å². The minimum Gasteiger partial charge on any atom is -0.460 e. The first kappa shape index (κ1) is 18.1. The van der Waals surface area contributed by atoms with Crippen LogP contribution in [0.1, 0.15) is 19.4 Å². The van der Waals surface area contributed by atoms with Gasteiger partial charge in [0.2, 0.25) is 0 Å². The van der Waals surface area contributed by atoms with Crippen molar-refractivity contribution in [3.8, 4) is 0 Å². The van der Waals surface area contributed by atoms with Crippen molar-refractivity contribution < 1.29 is 27.1 Å². The number of ether oxygens (including phenoxy) is 1. The number of hydrogen-bond acceptors (Lipinski definition) is 2. The van der Waals surface area contributed by atoms with Crippen molar-refractivity contribution in [1.82, 2.24) is 0 Å². The first-order chi connectivity index (χ1) is 10.6. The Morgan fingerprint density at radius 2 is 1.74 bits per heavy atom. The molecule has 2 rings (SSSR count). The number of carbonyl (C=O) groups excluding carboxylic acids is 1. The minimum absolute atomic E-state index is 0.0114. The van der Waals surface area contributed by atoms with E-state index in [1.165, 1.54) is 6.08 Å². The third kappa shape index (κ3) is 3.48. The zero-order valence-electron chi connectivity index (χ0n) is 12.1. The van der Waals surface area contributed by atoms with Crippen LogP contribution in [0.15, 0.2) is 16.6 Å². The van der Waals surface area contributed by atoms with Gasteiger partial charge < -0.3 is 4.74 Å². The second-order valence-corrected chi connectivity index (χ2v) is 6.84. The van der Waals surface area contributed by atoms with E-state index < -0.39 is 52.7 Å². The lowest BCUT2D eigenvalue weighted by Gasteiger charge is -2.09. The fourth-order valence-electron chi connectivity index (χ4n) is 2.56. The van der Waals surface area contributed by atoms with Crippen LogP contribution in [0, 0.1) is 40.5 Å². The van der Waals surface area contributed by atoms with Crippen LogP contribution in [-0.4, -0.2) is 5.97 Å². The summed E-state index contributed by atoms with van der Waals surface area (Å²) in [5, 5.41) is 0. The Hall–Kier alpha value is -1.27. The second kappa shape index (κ2) is 6.32. The molecule has 23 heavy (non-hydrogen) atoms. The molecule has 0 heterocycles. The number of allylic oxidation sites excluding steroid dienone is 1. The Bertz CT molecular complexity index is 658.